The molecule has 0 aliphatic carbocycles. The van der Waals surface area contributed by atoms with Gasteiger partial charge in [-0.1, -0.05) is 39.5 Å². The first kappa shape index (κ1) is 19.4. The lowest BCUT2D eigenvalue weighted by Gasteiger charge is -2.10. The first-order chi connectivity index (χ1) is 11.2. The summed E-state index contributed by atoms with van der Waals surface area (Å²) >= 11 is 5.16. The van der Waals surface area contributed by atoms with Crippen molar-refractivity contribution in [2.24, 2.45) is 0 Å². The molecule has 0 spiro atoms. The number of carbonyl (C=O) groups excluding carboxylic acids is 1. The Morgan fingerprint density at radius 2 is 1.74 bits per heavy atom. The Morgan fingerprint density at radius 1 is 1.04 bits per heavy atom. The minimum atomic E-state index is -0.0260. The summed E-state index contributed by atoms with van der Waals surface area (Å²) in [5.74, 6) is 0.807. The van der Waals surface area contributed by atoms with E-state index >= 15 is 0 Å². The topological polar surface area (TPSA) is 50.4 Å². The van der Waals surface area contributed by atoms with Crippen LogP contribution in [-0.4, -0.2) is 17.6 Å². The van der Waals surface area contributed by atoms with Gasteiger partial charge in [-0.05, 0) is 49.3 Å². The molecule has 0 heterocycles. The second kappa shape index (κ2) is 11.9. The van der Waals surface area contributed by atoms with Crippen LogP contribution in [0, 0.1) is 0 Å². The van der Waals surface area contributed by atoms with Crippen LogP contribution in [0.4, 0.5) is 5.69 Å². The lowest BCUT2D eigenvalue weighted by atomic mass is 10.1. The van der Waals surface area contributed by atoms with Crippen molar-refractivity contribution >= 4 is 28.9 Å². The number of benzene rings is 1. The average Bonchev–Trinajstić information content (AvgIpc) is 2.54. The van der Waals surface area contributed by atoms with Crippen molar-refractivity contribution in [1.29, 1.82) is 0 Å². The maximum absolute atomic E-state index is 11.8. The van der Waals surface area contributed by atoms with Crippen LogP contribution in [0.2, 0.25) is 0 Å². The molecular formula is C18H28N2O2S. The van der Waals surface area contributed by atoms with E-state index in [2.05, 4.69) is 24.5 Å². The number of hydrogen-bond donors (Lipinski definition) is 2. The Hall–Kier alpha value is -1.62. The van der Waals surface area contributed by atoms with E-state index in [9.17, 15) is 4.79 Å². The standard InChI is InChI=1S/C18H28N2O2S/c1-3-5-6-7-8-9-17(21)20-18(23)19-15-10-12-16(13-11-15)22-14-4-2/h10-13H,3-9,14H2,1-2H3,(H2,19,20,21,23). The second-order valence-corrected chi connectivity index (χ2v) is 5.95. The van der Waals surface area contributed by atoms with Crippen LogP contribution in [0.1, 0.15) is 58.8 Å². The van der Waals surface area contributed by atoms with E-state index in [0.29, 0.717) is 18.1 Å². The molecular weight excluding hydrogens is 308 g/mol. The average molecular weight is 337 g/mol. The molecule has 0 saturated heterocycles. The van der Waals surface area contributed by atoms with Gasteiger partial charge >= 0.3 is 0 Å². The SMILES string of the molecule is CCCCCCCC(=O)NC(=S)Nc1ccc(OCCC)cc1. The van der Waals surface area contributed by atoms with Crippen LogP contribution >= 0.6 is 12.2 Å². The number of anilines is 1. The van der Waals surface area contributed by atoms with Gasteiger partial charge in [-0.3, -0.25) is 4.79 Å². The zero-order valence-electron chi connectivity index (χ0n) is 14.2. The van der Waals surface area contributed by atoms with Gasteiger partial charge in [-0.25, -0.2) is 0 Å². The summed E-state index contributed by atoms with van der Waals surface area (Å²) in [6.45, 7) is 4.96. The molecule has 0 atom stereocenters. The Bertz CT molecular complexity index is 474. The van der Waals surface area contributed by atoms with Crippen LogP contribution < -0.4 is 15.4 Å². The molecule has 0 unspecified atom stereocenters. The molecule has 4 nitrogen and oxygen atoms in total. The molecule has 0 fully saturated rings. The first-order valence-electron chi connectivity index (χ1n) is 8.49. The van der Waals surface area contributed by atoms with Crippen molar-refractivity contribution in [3.63, 3.8) is 0 Å². The van der Waals surface area contributed by atoms with Gasteiger partial charge in [0, 0.05) is 12.1 Å². The van der Waals surface area contributed by atoms with Crippen LogP contribution in [-0.2, 0) is 4.79 Å². The number of unbranched alkanes of at least 4 members (excludes halogenated alkanes) is 4. The summed E-state index contributed by atoms with van der Waals surface area (Å²) in [7, 11) is 0. The van der Waals surface area contributed by atoms with Gasteiger partial charge in [0.25, 0.3) is 0 Å². The molecule has 23 heavy (non-hydrogen) atoms. The number of amides is 1. The molecule has 1 aromatic rings. The van der Waals surface area contributed by atoms with Crippen molar-refractivity contribution in [2.45, 2.75) is 58.8 Å². The molecule has 0 aliphatic heterocycles. The lowest BCUT2D eigenvalue weighted by molar-refractivity contribution is -0.119. The van der Waals surface area contributed by atoms with E-state index in [1.54, 1.807) is 0 Å². The van der Waals surface area contributed by atoms with Crippen LogP contribution in [0.25, 0.3) is 0 Å². The fourth-order valence-corrected chi connectivity index (χ4v) is 2.33. The van der Waals surface area contributed by atoms with Gasteiger partial charge in [0.1, 0.15) is 5.75 Å². The van der Waals surface area contributed by atoms with Gasteiger partial charge < -0.3 is 15.4 Å². The van der Waals surface area contributed by atoms with E-state index in [4.69, 9.17) is 17.0 Å². The lowest BCUT2D eigenvalue weighted by Crippen LogP contribution is -2.33. The number of nitrogens with one attached hydrogen (secondary N) is 2. The molecule has 1 aromatic carbocycles. The normalized spacial score (nSPS) is 10.2. The monoisotopic (exact) mass is 336 g/mol. The third-order valence-corrected chi connectivity index (χ3v) is 3.55. The van der Waals surface area contributed by atoms with E-state index in [-0.39, 0.29) is 5.91 Å². The minimum Gasteiger partial charge on any atom is -0.494 e. The predicted molar refractivity (Wildman–Crippen MR) is 100.0 cm³/mol. The third kappa shape index (κ3) is 9.18. The Morgan fingerprint density at radius 3 is 2.39 bits per heavy atom. The number of thiocarbonyl (C=S) groups is 1. The molecule has 128 valence electrons. The molecule has 1 rings (SSSR count). The number of hydrogen-bond acceptors (Lipinski definition) is 3. The summed E-state index contributed by atoms with van der Waals surface area (Å²) in [5, 5.41) is 6.07. The van der Waals surface area contributed by atoms with Crippen LogP contribution in [0.3, 0.4) is 0 Å². The fourth-order valence-electron chi connectivity index (χ4n) is 2.09. The molecule has 5 heteroatoms. The molecule has 0 aliphatic rings. The summed E-state index contributed by atoms with van der Waals surface area (Å²) in [6, 6.07) is 7.54. The smallest absolute Gasteiger partial charge is 0.226 e. The van der Waals surface area contributed by atoms with Crippen molar-refractivity contribution in [2.75, 3.05) is 11.9 Å². The van der Waals surface area contributed by atoms with Crippen molar-refractivity contribution in [1.82, 2.24) is 5.32 Å². The number of carbonyl (C=O) groups is 1. The molecule has 0 radical (unpaired) electrons. The zero-order valence-corrected chi connectivity index (χ0v) is 15.0. The number of rotatable bonds is 10. The fraction of sp³-hybridized carbons (Fsp3) is 0.556. The quantitative estimate of drug-likeness (QED) is 0.482. The van der Waals surface area contributed by atoms with Gasteiger partial charge in [0.15, 0.2) is 5.11 Å². The van der Waals surface area contributed by atoms with E-state index in [0.717, 1.165) is 30.7 Å². The molecule has 1 amide bonds. The Kier molecular flexibility index (Phi) is 10.0. The van der Waals surface area contributed by atoms with Crippen LogP contribution in [0.5, 0.6) is 5.75 Å². The summed E-state index contributed by atoms with van der Waals surface area (Å²) in [5.41, 5.74) is 0.835. The van der Waals surface area contributed by atoms with Crippen molar-refractivity contribution < 1.29 is 9.53 Å². The maximum atomic E-state index is 11.8. The predicted octanol–water partition coefficient (Wildman–Crippen LogP) is 4.65. The third-order valence-electron chi connectivity index (χ3n) is 3.35. The summed E-state index contributed by atoms with van der Waals surface area (Å²) in [4.78, 5) is 11.8. The highest BCUT2D eigenvalue weighted by molar-refractivity contribution is 7.80. The molecule has 0 aromatic heterocycles. The van der Waals surface area contributed by atoms with Crippen molar-refractivity contribution in [3.8, 4) is 5.75 Å². The van der Waals surface area contributed by atoms with Crippen LogP contribution in [0.15, 0.2) is 24.3 Å². The Labute approximate surface area is 145 Å². The van der Waals surface area contributed by atoms with E-state index in [1.165, 1.54) is 19.3 Å². The number of ether oxygens (including phenoxy) is 1. The molecule has 0 bridgehead atoms. The largest absolute Gasteiger partial charge is 0.494 e. The van der Waals surface area contributed by atoms with Gasteiger partial charge in [-0.15, -0.1) is 0 Å². The molecule has 2 N–H and O–H groups in total. The van der Waals surface area contributed by atoms with E-state index in [1.807, 2.05) is 24.3 Å². The highest BCUT2D eigenvalue weighted by Gasteiger charge is 2.05. The van der Waals surface area contributed by atoms with Gasteiger partial charge in [0.05, 0.1) is 6.61 Å². The Balaban J connectivity index is 2.25. The first-order valence-corrected chi connectivity index (χ1v) is 8.90. The minimum absolute atomic E-state index is 0.0260. The highest BCUT2D eigenvalue weighted by atomic mass is 32.1. The highest BCUT2D eigenvalue weighted by Crippen LogP contribution is 2.15. The summed E-state index contributed by atoms with van der Waals surface area (Å²) in [6.07, 6.45) is 7.16. The van der Waals surface area contributed by atoms with Crippen molar-refractivity contribution in [3.05, 3.63) is 24.3 Å². The van der Waals surface area contributed by atoms with Gasteiger partial charge in [0.2, 0.25) is 5.91 Å². The molecule has 0 saturated carbocycles. The summed E-state index contributed by atoms with van der Waals surface area (Å²) < 4.78 is 5.52. The van der Waals surface area contributed by atoms with E-state index < -0.39 is 0 Å². The zero-order chi connectivity index (χ0) is 16.9. The second-order valence-electron chi connectivity index (χ2n) is 5.54. The van der Waals surface area contributed by atoms with Gasteiger partial charge in [-0.2, -0.15) is 0 Å². The maximum Gasteiger partial charge on any atom is 0.226 e.